The van der Waals surface area contributed by atoms with Gasteiger partial charge in [-0.2, -0.15) is 0 Å². The summed E-state index contributed by atoms with van der Waals surface area (Å²) in [5.41, 5.74) is 1.62. The third-order valence-electron chi connectivity index (χ3n) is 4.84. The van der Waals surface area contributed by atoms with Crippen molar-refractivity contribution >= 4 is 40.0 Å². The summed E-state index contributed by atoms with van der Waals surface area (Å²) < 4.78 is 7.30. The van der Waals surface area contributed by atoms with Crippen LogP contribution in [0, 0.1) is 6.92 Å². The van der Waals surface area contributed by atoms with Crippen molar-refractivity contribution in [3.8, 4) is 0 Å². The van der Waals surface area contributed by atoms with E-state index < -0.39 is 0 Å². The molecule has 0 saturated heterocycles. The number of rotatable bonds is 8. The standard InChI is InChI=1S/C20H28N4O3S2/c1-4-11-24-13(3)22-23-20(24)28-12-16(25)21-18-17(19(26)27-5-2)14-9-7-6-8-10-15(14)29-18/h4-12H2,1-3H3,(H,21,25). The van der Waals surface area contributed by atoms with Crippen molar-refractivity contribution < 1.29 is 14.3 Å². The molecule has 0 fully saturated rings. The van der Waals surface area contributed by atoms with Gasteiger partial charge in [0.1, 0.15) is 10.8 Å². The SMILES string of the molecule is CCCn1c(C)nnc1SCC(=O)Nc1sc2c(c1C(=O)OCC)CCCCC2. The maximum Gasteiger partial charge on any atom is 0.341 e. The third kappa shape index (κ3) is 5.19. The van der Waals surface area contributed by atoms with Gasteiger partial charge in [0.25, 0.3) is 0 Å². The maximum absolute atomic E-state index is 12.6. The molecule has 29 heavy (non-hydrogen) atoms. The van der Waals surface area contributed by atoms with E-state index in [4.69, 9.17) is 4.74 Å². The van der Waals surface area contributed by atoms with Crippen molar-refractivity contribution in [3.63, 3.8) is 0 Å². The van der Waals surface area contributed by atoms with Crippen LogP contribution < -0.4 is 5.32 Å². The zero-order valence-corrected chi connectivity index (χ0v) is 18.9. The number of aryl methyl sites for hydroxylation is 2. The highest BCUT2D eigenvalue weighted by Gasteiger charge is 2.26. The smallest absolute Gasteiger partial charge is 0.341 e. The Balaban J connectivity index is 1.73. The molecule has 1 aliphatic rings. The maximum atomic E-state index is 12.6. The lowest BCUT2D eigenvalue weighted by atomic mass is 10.1. The number of nitrogens with zero attached hydrogens (tertiary/aromatic N) is 3. The van der Waals surface area contributed by atoms with Crippen LogP contribution in [0.5, 0.6) is 0 Å². The van der Waals surface area contributed by atoms with Crippen molar-refractivity contribution in [2.45, 2.75) is 71.0 Å². The molecule has 9 heteroatoms. The van der Waals surface area contributed by atoms with Crippen LogP contribution >= 0.6 is 23.1 Å². The number of thiophene rings is 1. The number of carbonyl (C=O) groups excluding carboxylic acids is 2. The van der Waals surface area contributed by atoms with Crippen LogP contribution in [0.15, 0.2) is 5.16 Å². The van der Waals surface area contributed by atoms with Gasteiger partial charge < -0.3 is 14.6 Å². The molecule has 3 rings (SSSR count). The number of carbonyl (C=O) groups is 2. The number of thioether (sulfide) groups is 1. The summed E-state index contributed by atoms with van der Waals surface area (Å²) >= 11 is 2.88. The van der Waals surface area contributed by atoms with E-state index >= 15 is 0 Å². The van der Waals surface area contributed by atoms with Crippen LogP contribution in [0.4, 0.5) is 5.00 Å². The number of hydrogen-bond donors (Lipinski definition) is 1. The van der Waals surface area contributed by atoms with E-state index in [1.54, 1.807) is 6.92 Å². The molecule has 0 aromatic carbocycles. The van der Waals surface area contributed by atoms with Gasteiger partial charge in [0, 0.05) is 11.4 Å². The molecular weight excluding hydrogens is 408 g/mol. The van der Waals surface area contributed by atoms with Crippen molar-refractivity contribution in [3.05, 3.63) is 21.8 Å². The quantitative estimate of drug-likeness (QED) is 0.378. The van der Waals surface area contributed by atoms with Gasteiger partial charge in [-0.1, -0.05) is 25.1 Å². The van der Waals surface area contributed by atoms with Crippen LogP contribution in [0.3, 0.4) is 0 Å². The van der Waals surface area contributed by atoms with Crippen molar-refractivity contribution in [2.75, 3.05) is 17.7 Å². The minimum atomic E-state index is -0.340. The van der Waals surface area contributed by atoms with Crippen LogP contribution in [0.1, 0.15) is 66.2 Å². The molecule has 0 atom stereocenters. The molecule has 1 aliphatic carbocycles. The van der Waals surface area contributed by atoms with Crippen molar-refractivity contribution in [1.29, 1.82) is 0 Å². The number of hydrogen-bond acceptors (Lipinski definition) is 7. The highest BCUT2D eigenvalue weighted by Crippen LogP contribution is 2.38. The molecule has 1 amide bonds. The van der Waals surface area contributed by atoms with Crippen molar-refractivity contribution in [2.24, 2.45) is 0 Å². The Morgan fingerprint density at radius 3 is 2.76 bits per heavy atom. The summed E-state index contributed by atoms with van der Waals surface area (Å²) in [4.78, 5) is 26.4. The van der Waals surface area contributed by atoms with E-state index in [2.05, 4.69) is 22.4 Å². The minimum absolute atomic E-state index is 0.152. The summed E-state index contributed by atoms with van der Waals surface area (Å²) in [6.45, 7) is 6.95. The molecule has 0 saturated carbocycles. The number of anilines is 1. The molecule has 0 spiro atoms. The van der Waals surface area contributed by atoms with E-state index in [1.165, 1.54) is 34.4 Å². The number of esters is 1. The first-order chi connectivity index (χ1) is 14.0. The Morgan fingerprint density at radius 1 is 1.21 bits per heavy atom. The average molecular weight is 437 g/mol. The largest absolute Gasteiger partial charge is 0.462 e. The molecule has 1 N–H and O–H groups in total. The summed E-state index contributed by atoms with van der Waals surface area (Å²) in [5.74, 6) is 0.572. The number of amides is 1. The molecule has 2 aromatic rings. The Kier molecular flexibility index (Phi) is 7.71. The molecule has 158 valence electrons. The predicted molar refractivity (Wildman–Crippen MR) is 116 cm³/mol. The zero-order chi connectivity index (χ0) is 20.8. The molecule has 7 nitrogen and oxygen atoms in total. The molecule has 0 aliphatic heterocycles. The zero-order valence-electron chi connectivity index (χ0n) is 17.2. The fourth-order valence-corrected chi connectivity index (χ4v) is 5.60. The second kappa shape index (κ2) is 10.2. The van der Waals surface area contributed by atoms with Gasteiger partial charge in [-0.25, -0.2) is 4.79 Å². The number of nitrogens with one attached hydrogen (secondary N) is 1. The van der Waals surface area contributed by atoms with E-state index in [-0.39, 0.29) is 17.6 Å². The number of fused-ring (bicyclic) bond motifs is 1. The fourth-order valence-electron chi connectivity index (χ4n) is 3.49. The van der Waals surface area contributed by atoms with Gasteiger partial charge in [0.05, 0.1) is 17.9 Å². The average Bonchev–Trinajstić information content (AvgIpc) is 3.11. The molecule has 2 heterocycles. The lowest BCUT2D eigenvalue weighted by molar-refractivity contribution is -0.113. The van der Waals surface area contributed by atoms with Crippen LogP contribution in [0.25, 0.3) is 0 Å². The summed E-state index contributed by atoms with van der Waals surface area (Å²) in [6.07, 6.45) is 6.14. The van der Waals surface area contributed by atoms with Crippen LogP contribution in [-0.2, 0) is 28.9 Å². The summed E-state index contributed by atoms with van der Waals surface area (Å²) in [7, 11) is 0. The first-order valence-corrected chi connectivity index (χ1v) is 12.0. The van der Waals surface area contributed by atoms with Gasteiger partial charge in [-0.3, -0.25) is 4.79 Å². The van der Waals surface area contributed by atoms with Gasteiger partial charge in [-0.05, 0) is 51.5 Å². The van der Waals surface area contributed by atoms with Gasteiger partial charge in [-0.15, -0.1) is 21.5 Å². The van der Waals surface area contributed by atoms with Crippen molar-refractivity contribution in [1.82, 2.24) is 14.8 Å². The second-order valence-corrected chi connectivity index (χ2v) is 9.05. The topological polar surface area (TPSA) is 86.1 Å². The molecule has 0 unspecified atom stereocenters. The molecule has 2 aromatic heterocycles. The Hall–Kier alpha value is -1.87. The predicted octanol–water partition coefficient (Wildman–Crippen LogP) is 4.23. The molecular formula is C20H28N4O3S2. The van der Waals surface area contributed by atoms with Gasteiger partial charge in [0.2, 0.25) is 5.91 Å². The van der Waals surface area contributed by atoms with E-state index in [9.17, 15) is 9.59 Å². The monoisotopic (exact) mass is 436 g/mol. The van der Waals surface area contributed by atoms with E-state index in [0.717, 1.165) is 55.2 Å². The first kappa shape index (κ1) is 21.8. The Morgan fingerprint density at radius 2 is 2.00 bits per heavy atom. The lowest BCUT2D eigenvalue weighted by Gasteiger charge is -2.09. The normalized spacial score (nSPS) is 13.6. The minimum Gasteiger partial charge on any atom is -0.462 e. The Labute approximate surface area is 179 Å². The third-order valence-corrected chi connectivity index (χ3v) is 7.01. The molecule has 0 bridgehead atoms. The van der Waals surface area contributed by atoms with E-state index in [1.807, 2.05) is 11.5 Å². The summed E-state index contributed by atoms with van der Waals surface area (Å²) in [5, 5.41) is 12.6. The number of aromatic nitrogens is 3. The number of ether oxygens (including phenoxy) is 1. The van der Waals surface area contributed by atoms with Gasteiger partial charge in [0.15, 0.2) is 5.16 Å². The van der Waals surface area contributed by atoms with Gasteiger partial charge >= 0.3 is 5.97 Å². The Bertz CT molecular complexity index is 875. The highest BCUT2D eigenvalue weighted by molar-refractivity contribution is 7.99. The van der Waals surface area contributed by atoms with E-state index in [0.29, 0.717) is 17.2 Å². The lowest BCUT2D eigenvalue weighted by Crippen LogP contribution is -2.17. The van der Waals surface area contributed by atoms with Crippen LogP contribution in [0.2, 0.25) is 0 Å². The second-order valence-electron chi connectivity index (χ2n) is 7.01. The highest BCUT2D eigenvalue weighted by atomic mass is 32.2. The first-order valence-electron chi connectivity index (χ1n) is 10.2. The fraction of sp³-hybridized carbons (Fsp3) is 0.600. The summed E-state index contributed by atoms with van der Waals surface area (Å²) in [6, 6.07) is 0. The van der Waals surface area contributed by atoms with Crippen LogP contribution in [-0.4, -0.2) is 39.0 Å². The molecule has 0 radical (unpaired) electrons.